The van der Waals surface area contributed by atoms with Crippen molar-refractivity contribution in [3.8, 4) is 17.2 Å². The van der Waals surface area contributed by atoms with Crippen LogP contribution in [0, 0.1) is 0 Å². The van der Waals surface area contributed by atoms with Crippen LogP contribution in [0.3, 0.4) is 0 Å². The monoisotopic (exact) mass is 444 g/mol. The van der Waals surface area contributed by atoms with Gasteiger partial charge in [-0.05, 0) is 42.0 Å². The Morgan fingerprint density at radius 2 is 1.79 bits per heavy atom. The summed E-state index contributed by atoms with van der Waals surface area (Å²) in [7, 11) is 3.16. The molecule has 3 aromatic carbocycles. The van der Waals surface area contributed by atoms with E-state index in [0.29, 0.717) is 22.9 Å². The largest absolute Gasteiger partial charge is 0.497 e. The molecule has 0 aliphatic carbocycles. The van der Waals surface area contributed by atoms with Gasteiger partial charge in [0.05, 0.1) is 19.9 Å². The lowest BCUT2D eigenvalue weighted by Gasteiger charge is -2.30. The molecule has 1 aliphatic rings. The highest BCUT2D eigenvalue weighted by Crippen LogP contribution is 2.35. The second kappa shape index (κ2) is 9.91. The van der Waals surface area contributed by atoms with Crippen LogP contribution < -0.4 is 24.4 Å². The molecule has 0 atom stereocenters. The molecule has 0 saturated carbocycles. The number of hydrogen-bond acceptors (Lipinski definition) is 5. The number of ether oxygens (including phenoxy) is 3. The van der Waals surface area contributed by atoms with Crippen molar-refractivity contribution < 1.29 is 23.8 Å². The molecule has 0 unspecified atom stereocenters. The van der Waals surface area contributed by atoms with Crippen LogP contribution in [-0.4, -0.2) is 32.6 Å². The SMILES string of the molecule is COc1cccc(/C=C2\Oc3ccccc3N(CC(=O)NCc3ccccc3OC)C2=O)c1. The minimum absolute atomic E-state index is 0.125. The number of carbonyl (C=O) groups is 2. The van der Waals surface area contributed by atoms with E-state index < -0.39 is 5.91 Å². The first kappa shape index (κ1) is 22.0. The van der Waals surface area contributed by atoms with Gasteiger partial charge in [-0.15, -0.1) is 0 Å². The Bertz CT molecular complexity index is 1200. The Morgan fingerprint density at radius 3 is 2.61 bits per heavy atom. The lowest BCUT2D eigenvalue weighted by atomic mass is 10.1. The maximum Gasteiger partial charge on any atom is 0.294 e. The van der Waals surface area contributed by atoms with Crippen LogP contribution in [0.15, 0.2) is 78.6 Å². The summed E-state index contributed by atoms with van der Waals surface area (Å²) in [5, 5.41) is 2.86. The Morgan fingerprint density at radius 1 is 1.00 bits per heavy atom. The standard InChI is InChI=1S/C26H24N2O5/c1-31-20-10-7-8-18(14-20)15-24-26(30)28(21-11-4-6-13-23(21)33-24)17-25(29)27-16-19-9-3-5-12-22(19)32-2/h3-15H,16-17H2,1-2H3,(H,27,29)/b24-15-. The molecule has 1 N–H and O–H groups in total. The Labute approximate surface area is 192 Å². The molecule has 168 valence electrons. The number of para-hydroxylation sites is 3. The maximum absolute atomic E-state index is 13.3. The molecule has 0 radical (unpaired) electrons. The van der Waals surface area contributed by atoms with E-state index in [4.69, 9.17) is 14.2 Å². The molecule has 0 spiro atoms. The predicted molar refractivity (Wildman–Crippen MR) is 125 cm³/mol. The van der Waals surface area contributed by atoms with Crippen molar-refractivity contribution in [1.82, 2.24) is 5.32 Å². The van der Waals surface area contributed by atoms with E-state index in [9.17, 15) is 9.59 Å². The second-order valence-electron chi connectivity index (χ2n) is 7.33. The molecule has 0 bridgehead atoms. The molecular weight excluding hydrogens is 420 g/mol. The van der Waals surface area contributed by atoms with Gasteiger partial charge in [0.25, 0.3) is 5.91 Å². The van der Waals surface area contributed by atoms with Gasteiger partial charge in [-0.3, -0.25) is 14.5 Å². The predicted octanol–water partition coefficient (Wildman–Crippen LogP) is 3.79. The first-order chi connectivity index (χ1) is 16.1. The first-order valence-corrected chi connectivity index (χ1v) is 10.4. The number of fused-ring (bicyclic) bond motifs is 1. The van der Waals surface area contributed by atoms with E-state index in [1.165, 1.54) is 4.90 Å². The zero-order valence-corrected chi connectivity index (χ0v) is 18.4. The Balaban J connectivity index is 1.55. The van der Waals surface area contributed by atoms with E-state index in [1.807, 2.05) is 48.5 Å². The third kappa shape index (κ3) is 4.98. The van der Waals surface area contributed by atoms with Crippen molar-refractivity contribution in [2.45, 2.75) is 6.54 Å². The number of hydrogen-bond donors (Lipinski definition) is 1. The fraction of sp³-hybridized carbons (Fsp3) is 0.154. The van der Waals surface area contributed by atoms with Crippen LogP contribution in [0.25, 0.3) is 6.08 Å². The average molecular weight is 444 g/mol. The molecule has 4 rings (SSSR count). The van der Waals surface area contributed by atoms with Crippen molar-refractivity contribution >= 4 is 23.6 Å². The van der Waals surface area contributed by atoms with Crippen LogP contribution >= 0.6 is 0 Å². The lowest BCUT2D eigenvalue weighted by molar-refractivity contribution is -0.123. The molecule has 0 fully saturated rings. The number of benzene rings is 3. The smallest absolute Gasteiger partial charge is 0.294 e. The van der Waals surface area contributed by atoms with Gasteiger partial charge in [-0.2, -0.15) is 0 Å². The summed E-state index contributed by atoms with van der Waals surface area (Å²) in [4.78, 5) is 27.4. The summed E-state index contributed by atoms with van der Waals surface area (Å²) < 4.78 is 16.5. The molecule has 7 heteroatoms. The summed E-state index contributed by atoms with van der Waals surface area (Å²) in [5.74, 6) is 1.29. The van der Waals surface area contributed by atoms with Crippen LogP contribution in [0.4, 0.5) is 5.69 Å². The average Bonchev–Trinajstić information content (AvgIpc) is 2.85. The molecule has 0 saturated heterocycles. The minimum atomic E-state index is -0.399. The fourth-order valence-corrected chi connectivity index (χ4v) is 3.54. The van der Waals surface area contributed by atoms with Crippen molar-refractivity contribution in [1.29, 1.82) is 0 Å². The van der Waals surface area contributed by atoms with Crippen molar-refractivity contribution in [3.05, 3.63) is 89.7 Å². The molecule has 33 heavy (non-hydrogen) atoms. The van der Waals surface area contributed by atoms with Gasteiger partial charge in [0.1, 0.15) is 18.0 Å². The van der Waals surface area contributed by atoms with Gasteiger partial charge >= 0.3 is 0 Å². The first-order valence-electron chi connectivity index (χ1n) is 10.4. The zero-order valence-electron chi connectivity index (χ0n) is 18.4. The lowest BCUT2D eigenvalue weighted by Crippen LogP contribution is -2.44. The van der Waals surface area contributed by atoms with E-state index in [2.05, 4.69) is 5.32 Å². The maximum atomic E-state index is 13.3. The number of carbonyl (C=O) groups excluding carboxylic acids is 2. The number of amides is 2. The highest BCUT2D eigenvalue weighted by atomic mass is 16.5. The summed E-state index contributed by atoms with van der Waals surface area (Å²) in [6.45, 7) is 0.138. The zero-order chi connectivity index (χ0) is 23.2. The fourth-order valence-electron chi connectivity index (χ4n) is 3.54. The summed E-state index contributed by atoms with van der Waals surface area (Å²) in [6, 6.07) is 21.9. The van der Waals surface area contributed by atoms with Gasteiger partial charge in [0.2, 0.25) is 5.91 Å². The topological polar surface area (TPSA) is 77.1 Å². The van der Waals surface area contributed by atoms with Crippen LogP contribution in [0.2, 0.25) is 0 Å². The highest BCUT2D eigenvalue weighted by Gasteiger charge is 2.31. The summed E-state index contributed by atoms with van der Waals surface area (Å²) >= 11 is 0. The molecule has 0 aromatic heterocycles. The number of anilines is 1. The van der Waals surface area contributed by atoms with E-state index in [0.717, 1.165) is 11.1 Å². The van der Waals surface area contributed by atoms with E-state index in [-0.39, 0.29) is 24.8 Å². The molecule has 1 aliphatic heterocycles. The normalized spacial score (nSPS) is 13.8. The summed E-state index contributed by atoms with van der Waals surface area (Å²) in [5.41, 5.74) is 2.14. The number of nitrogens with zero attached hydrogens (tertiary/aromatic N) is 1. The van der Waals surface area contributed by atoms with E-state index in [1.54, 1.807) is 44.6 Å². The van der Waals surface area contributed by atoms with Crippen LogP contribution in [0.5, 0.6) is 17.2 Å². The van der Waals surface area contributed by atoms with Gasteiger partial charge in [0.15, 0.2) is 11.5 Å². The van der Waals surface area contributed by atoms with Gasteiger partial charge in [-0.25, -0.2) is 0 Å². The Hall–Kier alpha value is -4.26. The van der Waals surface area contributed by atoms with Gasteiger partial charge in [0, 0.05) is 12.1 Å². The molecular formula is C26H24N2O5. The van der Waals surface area contributed by atoms with Gasteiger partial charge < -0.3 is 19.5 Å². The molecule has 1 heterocycles. The minimum Gasteiger partial charge on any atom is -0.497 e. The van der Waals surface area contributed by atoms with Crippen molar-refractivity contribution in [2.24, 2.45) is 0 Å². The third-order valence-corrected chi connectivity index (χ3v) is 5.19. The van der Waals surface area contributed by atoms with Crippen molar-refractivity contribution in [3.63, 3.8) is 0 Å². The molecule has 7 nitrogen and oxygen atoms in total. The van der Waals surface area contributed by atoms with Crippen LogP contribution in [-0.2, 0) is 16.1 Å². The quantitative estimate of drug-likeness (QED) is 0.561. The van der Waals surface area contributed by atoms with Crippen molar-refractivity contribution in [2.75, 3.05) is 25.7 Å². The highest BCUT2D eigenvalue weighted by molar-refractivity contribution is 6.12. The van der Waals surface area contributed by atoms with Gasteiger partial charge in [-0.1, -0.05) is 42.5 Å². The third-order valence-electron chi connectivity index (χ3n) is 5.19. The number of rotatable bonds is 7. The van der Waals surface area contributed by atoms with Crippen LogP contribution in [0.1, 0.15) is 11.1 Å². The molecule has 3 aromatic rings. The Kier molecular flexibility index (Phi) is 6.59. The molecule has 2 amide bonds. The number of methoxy groups -OCH3 is 2. The van der Waals surface area contributed by atoms with E-state index >= 15 is 0 Å². The summed E-state index contributed by atoms with van der Waals surface area (Å²) in [6.07, 6.45) is 1.64. The number of nitrogens with one attached hydrogen (secondary N) is 1. The second-order valence-corrected chi connectivity index (χ2v) is 7.33.